The van der Waals surface area contributed by atoms with Crippen LogP contribution < -0.4 is 5.73 Å². The average molecular weight is 206 g/mol. The van der Waals surface area contributed by atoms with Gasteiger partial charge in [-0.05, 0) is 24.7 Å². The number of nitrogens with two attached hydrogens (primary N) is 1. The summed E-state index contributed by atoms with van der Waals surface area (Å²) in [6.45, 7) is 1.69. The smallest absolute Gasteiger partial charge is 0.0703 e. The predicted octanol–water partition coefficient (Wildman–Crippen LogP) is 2.11. The number of rotatable bonds is 1. The van der Waals surface area contributed by atoms with Crippen molar-refractivity contribution in [2.24, 2.45) is 11.1 Å². The second-order valence-corrected chi connectivity index (χ2v) is 4.43. The van der Waals surface area contributed by atoms with Gasteiger partial charge in [-0.25, -0.2) is 0 Å². The van der Waals surface area contributed by atoms with E-state index in [9.17, 15) is 0 Å². The maximum Gasteiger partial charge on any atom is 0.0703 e. The standard InChI is InChI=1S/C10H19NO.ClH/c11-7-9-6-10(8-12-9)4-2-1-3-5-10;/h9H,1-8,11H2;1H. The molecule has 2 fully saturated rings. The van der Waals surface area contributed by atoms with Crippen molar-refractivity contribution in [1.82, 2.24) is 0 Å². The summed E-state index contributed by atoms with van der Waals surface area (Å²) in [7, 11) is 0. The second-order valence-electron chi connectivity index (χ2n) is 4.43. The van der Waals surface area contributed by atoms with Crippen molar-refractivity contribution >= 4 is 12.4 Å². The molecule has 0 aromatic carbocycles. The van der Waals surface area contributed by atoms with E-state index < -0.39 is 0 Å². The summed E-state index contributed by atoms with van der Waals surface area (Å²) in [6.07, 6.45) is 8.58. The van der Waals surface area contributed by atoms with Gasteiger partial charge in [-0.1, -0.05) is 19.3 Å². The molecule has 13 heavy (non-hydrogen) atoms. The normalized spacial score (nSPS) is 31.6. The van der Waals surface area contributed by atoms with Gasteiger partial charge in [-0.2, -0.15) is 0 Å². The molecule has 0 amide bonds. The van der Waals surface area contributed by atoms with Crippen molar-refractivity contribution in [3.05, 3.63) is 0 Å². The summed E-state index contributed by atoms with van der Waals surface area (Å²) in [4.78, 5) is 0. The van der Waals surface area contributed by atoms with Crippen LogP contribution in [-0.4, -0.2) is 19.3 Å². The number of hydrogen-bond acceptors (Lipinski definition) is 2. The summed E-state index contributed by atoms with van der Waals surface area (Å²) >= 11 is 0. The molecule has 1 heterocycles. The molecule has 1 saturated heterocycles. The molecule has 2 N–H and O–H groups in total. The maximum absolute atomic E-state index is 5.67. The molecule has 1 unspecified atom stereocenters. The zero-order chi connectivity index (χ0) is 8.44. The molecule has 78 valence electrons. The highest BCUT2D eigenvalue weighted by Gasteiger charge is 2.39. The first-order chi connectivity index (χ1) is 5.85. The number of ether oxygens (including phenoxy) is 1. The van der Waals surface area contributed by atoms with E-state index in [2.05, 4.69) is 0 Å². The fraction of sp³-hybridized carbons (Fsp3) is 1.00. The summed E-state index contributed by atoms with van der Waals surface area (Å²) in [5, 5.41) is 0. The van der Waals surface area contributed by atoms with E-state index in [0.29, 0.717) is 18.1 Å². The molecule has 1 aliphatic carbocycles. The van der Waals surface area contributed by atoms with Crippen LogP contribution in [0.4, 0.5) is 0 Å². The van der Waals surface area contributed by atoms with Crippen molar-refractivity contribution in [1.29, 1.82) is 0 Å². The van der Waals surface area contributed by atoms with Crippen molar-refractivity contribution < 1.29 is 4.74 Å². The lowest BCUT2D eigenvalue weighted by atomic mass is 9.73. The fourth-order valence-corrected chi connectivity index (χ4v) is 2.70. The second kappa shape index (κ2) is 4.63. The van der Waals surface area contributed by atoms with Crippen LogP contribution in [0.1, 0.15) is 38.5 Å². The van der Waals surface area contributed by atoms with E-state index in [1.807, 2.05) is 0 Å². The summed E-state index contributed by atoms with van der Waals surface area (Å²) < 4.78 is 5.67. The lowest BCUT2D eigenvalue weighted by molar-refractivity contribution is 0.0882. The molecule has 2 aliphatic rings. The van der Waals surface area contributed by atoms with Gasteiger partial charge in [0.25, 0.3) is 0 Å². The Hall–Kier alpha value is 0.210. The Balaban J connectivity index is 0.000000845. The van der Waals surface area contributed by atoms with Crippen molar-refractivity contribution in [3.63, 3.8) is 0 Å². The first-order valence-electron chi connectivity index (χ1n) is 5.16. The Morgan fingerprint density at radius 2 is 1.92 bits per heavy atom. The monoisotopic (exact) mass is 205 g/mol. The van der Waals surface area contributed by atoms with Crippen LogP contribution in [0.15, 0.2) is 0 Å². The molecule has 3 heteroatoms. The number of hydrogen-bond donors (Lipinski definition) is 1. The van der Waals surface area contributed by atoms with Crippen molar-refractivity contribution in [2.45, 2.75) is 44.6 Å². The molecule has 1 spiro atoms. The highest BCUT2D eigenvalue weighted by molar-refractivity contribution is 5.85. The summed E-state index contributed by atoms with van der Waals surface area (Å²) in [6, 6.07) is 0. The first-order valence-corrected chi connectivity index (χ1v) is 5.16. The van der Waals surface area contributed by atoms with Crippen LogP contribution >= 0.6 is 12.4 Å². The van der Waals surface area contributed by atoms with Crippen LogP contribution in [0.2, 0.25) is 0 Å². The van der Waals surface area contributed by atoms with Crippen LogP contribution in [0.5, 0.6) is 0 Å². The first kappa shape index (κ1) is 11.3. The third-order valence-corrected chi connectivity index (χ3v) is 3.46. The van der Waals surface area contributed by atoms with E-state index in [1.54, 1.807) is 0 Å². The molecule has 1 atom stereocenters. The lowest BCUT2D eigenvalue weighted by Crippen LogP contribution is -2.25. The Kier molecular flexibility index (Phi) is 4.02. The molecule has 0 radical (unpaired) electrons. The molecular weight excluding hydrogens is 186 g/mol. The van der Waals surface area contributed by atoms with Gasteiger partial charge in [-0.15, -0.1) is 12.4 Å². The Bertz CT molecular complexity index is 157. The minimum atomic E-state index is 0. The summed E-state index contributed by atoms with van der Waals surface area (Å²) in [5.41, 5.74) is 6.14. The number of halogens is 1. The fourth-order valence-electron chi connectivity index (χ4n) is 2.70. The molecule has 0 bridgehead atoms. The Labute approximate surface area is 86.6 Å². The van der Waals surface area contributed by atoms with Gasteiger partial charge in [0.05, 0.1) is 12.7 Å². The summed E-state index contributed by atoms with van der Waals surface area (Å²) in [5.74, 6) is 0. The molecular formula is C10H20ClNO. The third kappa shape index (κ3) is 2.36. The van der Waals surface area contributed by atoms with E-state index in [0.717, 1.165) is 6.61 Å². The predicted molar refractivity (Wildman–Crippen MR) is 56.2 cm³/mol. The molecule has 1 saturated carbocycles. The highest BCUT2D eigenvalue weighted by atomic mass is 35.5. The van der Waals surface area contributed by atoms with Crippen LogP contribution in [0, 0.1) is 5.41 Å². The van der Waals surface area contributed by atoms with E-state index >= 15 is 0 Å². The topological polar surface area (TPSA) is 35.2 Å². The minimum Gasteiger partial charge on any atom is -0.376 e. The van der Waals surface area contributed by atoms with Gasteiger partial charge in [0.2, 0.25) is 0 Å². The Morgan fingerprint density at radius 1 is 1.23 bits per heavy atom. The Morgan fingerprint density at radius 3 is 2.46 bits per heavy atom. The van der Waals surface area contributed by atoms with Crippen molar-refractivity contribution in [3.8, 4) is 0 Å². The molecule has 0 aromatic rings. The van der Waals surface area contributed by atoms with Gasteiger partial charge in [-0.3, -0.25) is 0 Å². The SMILES string of the molecule is Cl.NCC1CC2(CCCCC2)CO1. The van der Waals surface area contributed by atoms with E-state index in [-0.39, 0.29) is 12.4 Å². The molecule has 2 rings (SSSR count). The minimum absolute atomic E-state index is 0. The van der Waals surface area contributed by atoms with Crippen LogP contribution in [0.25, 0.3) is 0 Å². The van der Waals surface area contributed by atoms with Gasteiger partial charge < -0.3 is 10.5 Å². The molecule has 2 nitrogen and oxygen atoms in total. The quantitative estimate of drug-likeness (QED) is 0.712. The van der Waals surface area contributed by atoms with Crippen LogP contribution in [0.3, 0.4) is 0 Å². The van der Waals surface area contributed by atoms with Gasteiger partial charge in [0, 0.05) is 6.54 Å². The zero-order valence-corrected chi connectivity index (χ0v) is 8.94. The molecule has 0 aromatic heterocycles. The zero-order valence-electron chi connectivity index (χ0n) is 8.13. The lowest BCUT2D eigenvalue weighted by Gasteiger charge is -2.31. The third-order valence-electron chi connectivity index (χ3n) is 3.46. The largest absolute Gasteiger partial charge is 0.376 e. The van der Waals surface area contributed by atoms with Gasteiger partial charge in [0.1, 0.15) is 0 Å². The van der Waals surface area contributed by atoms with Crippen molar-refractivity contribution in [2.75, 3.05) is 13.2 Å². The highest BCUT2D eigenvalue weighted by Crippen LogP contribution is 2.44. The average Bonchev–Trinajstić information content (AvgIpc) is 2.50. The van der Waals surface area contributed by atoms with Gasteiger partial charge in [0.15, 0.2) is 0 Å². The van der Waals surface area contributed by atoms with Gasteiger partial charge >= 0.3 is 0 Å². The van der Waals surface area contributed by atoms with E-state index in [4.69, 9.17) is 10.5 Å². The maximum atomic E-state index is 5.67. The molecule has 1 aliphatic heterocycles. The van der Waals surface area contributed by atoms with Crippen LogP contribution in [-0.2, 0) is 4.74 Å². The van der Waals surface area contributed by atoms with E-state index in [1.165, 1.54) is 38.5 Å².